The Balaban J connectivity index is 2.26. The lowest BCUT2D eigenvalue weighted by atomic mass is 10.1. The van der Waals surface area contributed by atoms with E-state index in [0.29, 0.717) is 17.1 Å². The molecule has 0 unspecified atom stereocenters. The fraction of sp³-hybridized carbons (Fsp3) is 0.125. The molecule has 0 heterocycles. The van der Waals surface area contributed by atoms with E-state index in [9.17, 15) is 9.59 Å². The summed E-state index contributed by atoms with van der Waals surface area (Å²) in [7, 11) is 0. The van der Waals surface area contributed by atoms with Gasteiger partial charge in [-0.15, -0.1) is 0 Å². The Labute approximate surface area is 111 Å². The number of carbonyl (C=O) groups is 2. The van der Waals surface area contributed by atoms with Crippen molar-refractivity contribution in [2.75, 3.05) is 0 Å². The molecule has 2 rings (SSSR count). The summed E-state index contributed by atoms with van der Waals surface area (Å²) >= 11 is 0. The van der Waals surface area contributed by atoms with Gasteiger partial charge < -0.3 is 4.74 Å². The molecule has 96 valence electrons. The summed E-state index contributed by atoms with van der Waals surface area (Å²) in [4.78, 5) is 23.0. The van der Waals surface area contributed by atoms with Crippen molar-refractivity contribution in [1.29, 1.82) is 0 Å². The van der Waals surface area contributed by atoms with Gasteiger partial charge in [-0.3, -0.25) is 9.59 Å². The van der Waals surface area contributed by atoms with Crippen LogP contribution < -0.4 is 4.74 Å². The Morgan fingerprint density at radius 1 is 0.947 bits per heavy atom. The summed E-state index contributed by atoms with van der Waals surface area (Å²) in [6.45, 7) is 1.40. The number of Topliss-reactive ketones (excluding diaryl/α,β-unsaturated/α-hetero) is 2. The molecule has 0 saturated heterocycles. The van der Waals surface area contributed by atoms with Crippen LogP contribution in [0.5, 0.6) is 11.5 Å². The van der Waals surface area contributed by atoms with E-state index in [2.05, 4.69) is 0 Å². The van der Waals surface area contributed by atoms with Gasteiger partial charge in [-0.2, -0.15) is 0 Å². The van der Waals surface area contributed by atoms with Crippen molar-refractivity contribution in [2.24, 2.45) is 0 Å². The van der Waals surface area contributed by atoms with E-state index in [1.54, 1.807) is 24.3 Å². The third-order valence-corrected chi connectivity index (χ3v) is 2.57. The quantitative estimate of drug-likeness (QED) is 0.604. The second-order valence-corrected chi connectivity index (χ2v) is 4.21. The smallest absolute Gasteiger partial charge is 0.173 e. The topological polar surface area (TPSA) is 43.4 Å². The summed E-state index contributed by atoms with van der Waals surface area (Å²) in [5.74, 6) is 0.754. The fourth-order valence-electron chi connectivity index (χ4n) is 1.72. The van der Waals surface area contributed by atoms with Crippen molar-refractivity contribution >= 4 is 11.6 Å². The van der Waals surface area contributed by atoms with E-state index in [0.717, 1.165) is 0 Å². The average molecular weight is 254 g/mol. The summed E-state index contributed by atoms with van der Waals surface area (Å²) < 4.78 is 5.68. The lowest BCUT2D eigenvalue weighted by molar-refractivity contribution is -0.116. The highest BCUT2D eigenvalue weighted by Crippen LogP contribution is 2.25. The van der Waals surface area contributed by atoms with Crippen molar-refractivity contribution in [3.8, 4) is 11.5 Å². The SMILES string of the molecule is CC(=O)CC(=O)c1ccccc1Oc1ccccc1. The molecule has 2 aromatic carbocycles. The van der Waals surface area contributed by atoms with E-state index in [-0.39, 0.29) is 18.0 Å². The van der Waals surface area contributed by atoms with Crippen LogP contribution in [0.1, 0.15) is 23.7 Å². The molecule has 2 aromatic rings. The van der Waals surface area contributed by atoms with Crippen LogP contribution in [0.25, 0.3) is 0 Å². The third-order valence-electron chi connectivity index (χ3n) is 2.57. The summed E-state index contributed by atoms with van der Waals surface area (Å²) in [6.07, 6.45) is -0.102. The van der Waals surface area contributed by atoms with Crippen LogP contribution in [0, 0.1) is 0 Å². The van der Waals surface area contributed by atoms with Gasteiger partial charge in [-0.25, -0.2) is 0 Å². The van der Waals surface area contributed by atoms with Gasteiger partial charge >= 0.3 is 0 Å². The first-order valence-electron chi connectivity index (χ1n) is 6.01. The first kappa shape index (κ1) is 13.0. The zero-order chi connectivity index (χ0) is 13.7. The summed E-state index contributed by atoms with van der Waals surface area (Å²) in [6, 6.07) is 16.2. The number of rotatable bonds is 5. The summed E-state index contributed by atoms with van der Waals surface area (Å²) in [5, 5.41) is 0. The molecule has 0 fully saturated rings. The second kappa shape index (κ2) is 5.96. The third kappa shape index (κ3) is 3.52. The lowest BCUT2D eigenvalue weighted by Gasteiger charge is -2.09. The molecule has 0 atom stereocenters. The van der Waals surface area contributed by atoms with Gasteiger partial charge in [0, 0.05) is 0 Å². The molecule has 0 aliphatic rings. The van der Waals surface area contributed by atoms with Crippen LogP contribution >= 0.6 is 0 Å². The molecule has 19 heavy (non-hydrogen) atoms. The molecule has 0 radical (unpaired) electrons. The Bertz CT molecular complexity index is 588. The van der Waals surface area contributed by atoms with Gasteiger partial charge in [0.25, 0.3) is 0 Å². The molecule has 0 amide bonds. The molecule has 0 aliphatic carbocycles. The maximum Gasteiger partial charge on any atom is 0.173 e. The van der Waals surface area contributed by atoms with E-state index in [1.807, 2.05) is 30.3 Å². The van der Waals surface area contributed by atoms with Gasteiger partial charge in [-0.05, 0) is 31.2 Å². The highest BCUT2D eigenvalue weighted by molar-refractivity contribution is 6.08. The van der Waals surface area contributed by atoms with Crippen molar-refractivity contribution in [2.45, 2.75) is 13.3 Å². The minimum Gasteiger partial charge on any atom is -0.457 e. The second-order valence-electron chi connectivity index (χ2n) is 4.21. The van der Waals surface area contributed by atoms with Crippen LogP contribution in [0.3, 0.4) is 0 Å². The van der Waals surface area contributed by atoms with Gasteiger partial charge in [0.15, 0.2) is 5.78 Å². The molecule has 0 N–H and O–H groups in total. The Morgan fingerprint density at radius 3 is 2.26 bits per heavy atom. The number of ketones is 2. The van der Waals surface area contributed by atoms with Gasteiger partial charge in [-0.1, -0.05) is 30.3 Å². The maximum atomic E-state index is 12.0. The van der Waals surface area contributed by atoms with Gasteiger partial charge in [0.2, 0.25) is 0 Å². The van der Waals surface area contributed by atoms with E-state index >= 15 is 0 Å². The minimum atomic E-state index is -0.223. The molecule has 0 spiro atoms. The van der Waals surface area contributed by atoms with Gasteiger partial charge in [0.05, 0.1) is 12.0 Å². The van der Waals surface area contributed by atoms with Crippen molar-refractivity contribution in [1.82, 2.24) is 0 Å². The number of hydrogen-bond donors (Lipinski definition) is 0. The molecule has 0 bridgehead atoms. The number of carbonyl (C=O) groups excluding carboxylic acids is 2. The van der Waals surface area contributed by atoms with Crippen LogP contribution in [0.4, 0.5) is 0 Å². The molecule has 0 saturated carbocycles. The first-order valence-corrected chi connectivity index (χ1v) is 6.01. The molecular weight excluding hydrogens is 240 g/mol. The number of hydrogen-bond acceptors (Lipinski definition) is 3. The van der Waals surface area contributed by atoms with Crippen LogP contribution in [-0.4, -0.2) is 11.6 Å². The van der Waals surface area contributed by atoms with Crippen LogP contribution in [0.15, 0.2) is 54.6 Å². The Morgan fingerprint density at radius 2 is 1.58 bits per heavy atom. The molecule has 0 aliphatic heterocycles. The predicted octanol–water partition coefficient (Wildman–Crippen LogP) is 3.64. The van der Waals surface area contributed by atoms with Gasteiger partial charge in [0.1, 0.15) is 17.3 Å². The van der Waals surface area contributed by atoms with Crippen molar-refractivity contribution < 1.29 is 14.3 Å². The van der Waals surface area contributed by atoms with Crippen molar-refractivity contribution in [3.05, 3.63) is 60.2 Å². The largest absolute Gasteiger partial charge is 0.457 e. The number of para-hydroxylation sites is 2. The number of ether oxygens (including phenoxy) is 1. The van der Waals surface area contributed by atoms with E-state index in [1.165, 1.54) is 6.92 Å². The highest BCUT2D eigenvalue weighted by atomic mass is 16.5. The minimum absolute atomic E-state index is 0.102. The molecule has 3 heteroatoms. The number of benzene rings is 2. The molecule has 0 aromatic heterocycles. The monoisotopic (exact) mass is 254 g/mol. The standard InChI is InChI=1S/C16H14O3/c1-12(17)11-15(18)14-9-5-6-10-16(14)19-13-7-3-2-4-8-13/h2-10H,11H2,1H3. The zero-order valence-corrected chi connectivity index (χ0v) is 10.6. The summed E-state index contributed by atoms with van der Waals surface area (Å²) in [5.41, 5.74) is 0.432. The van der Waals surface area contributed by atoms with E-state index < -0.39 is 0 Å². The fourth-order valence-corrected chi connectivity index (χ4v) is 1.72. The Hall–Kier alpha value is -2.42. The van der Waals surface area contributed by atoms with Crippen molar-refractivity contribution in [3.63, 3.8) is 0 Å². The lowest BCUT2D eigenvalue weighted by Crippen LogP contribution is -2.06. The normalized spacial score (nSPS) is 9.95. The van der Waals surface area contributed by atoms with Crippen LogP contribution in [0.2, 0.25) is 0 Å². The first-order chi connectivity index (χ1) is 9.16. The molecular formula is C16H14O3. The van der Waals surface area contributed by atoms with Crippen LogP contribution in [-0.2, 0) is 4.79 Å². The Kier molecular flexibility index (Phi) is 4.08. The highest BCUT2D eigenvalue weighted by Gasteiger charge is 2.14. The molecule has 3 nitrogen and oxygen atoms in total. The zero-order valence-electron chi connectivity index (χ0n) is 10.6. The maximum absolute atomic E-state index is 12.0. The predicted molar refractivity (Wildman–Crippen MR) is 72.6 cm³/mol. The van der Waals surface area contributed by atoms with E-state index in [4.69, 9.17) is 4.74 Å². The average Bonchev–Trinajstić information content (AvgIpc) is 2.39.